The standard InChI is InChI=1S/C20H20BrN5O/c1-13-14(2)24-20(17-5-3-4-11-22-17)26-19(13)23-12-10-18(27)25-16-8-6-15(21)7-9-16/h3-9,11H,10,12H2,1-2H3,(H,25,27)(H,23,24,26). The van der Waals surface area contributed by atoms with Crippen molar-refractivity contribution in [1.82, 2.24) is 15.0 Å². The Morgan fingerprint density at radius 3 is 2.56 bits per heavy atom. The van der Waals surface area contributed by atoms with E-state index < -0.39 is 0 Å². The highest BCUT2D eigenvalue weighted by molar-refractivity contribution is 9.10. The minimum atomic E-state index is -0.0572. The second-order valence-electron chi connectivity index (χ2n) is 6.05. The van der Waals surface area contributed by atoms with E-state index in [2.05, 4.69) is 41.5 Å². The Morgan fingerprint density at radius 1 is 1.07 bits per heavy atom. The van der Waals surface area contributed by atoms with Gasteiger partial charge in [0.05, 0.1) is 0 Å². The van der Waals surface area contributed by atoms with Gasteiger partial charge in [0.1, 0.15) is 11.5 Å². The zero-order valence-corrected chi connectivity index (χ0v) is 16.7. The minimum absolute atomic E-state index is 0.0572. The lowest BCUT2D eigenvalue weighted by atomic mass is 10.2. The highest BCUT2D eigenvalue weighted by Gasteiger charge is 2.11. The van der Waals surface area contributed by atoms with Gasteiger partial charge < -0.3 is 10.6 Å². The van der Waals surface area contributed by atoms with E-state index in [-0.39, 0.29) is 5.91 Å². The molecule has 7 heteroatoms. The van der Waals surface area contributed by atoms with E-state index in [0.29, 0.717) is 18.8 Å². The van der Waals surface area contributed by atoms with Gasteiger partial charge in [-0.15, -0.1) is 0 Å². The molecule has 0 spiro atoms. The molecule has 0 saturated carbocycles. The molecule has 6 nitrogen and oxygen atoms in total. The number of carbonyl (C=O) groups excluding carboxylic acids is 1. The van der Waals surface area contributed by atoms with Gasteiger partial charge in [-0.05, 0) is 50.2 Å². The van der Waals surface area contributed by atoms with E-state index in [1.165, 1.54) is 0 Å². The van der Waals surface area contributed by atoms with Crippen molar-refractivity contribution in [2.75, 3.05) is 17.2 Å². The van der Waals surface area contributed by atoms with E-state index in [1.54, 1.807) is 6.20 Å². The Hall–Kier alpha value is -2.80. The number of rotatable bonds is 6. The highest BCUT2D eigenvalue weighted by Crippen LogP contribution is 2.20. The molecule has 1 aromatic carbocycles. The maximum absolute atomic E-state index is 12.1. The molecule has 0 aliphatic carbocycles. The van der Waals surface area contributed by atoms with E-state index in [1.807, 2.05) is 56.3 Å². The predicted octanol–water partition coefficient (Wildman–Crippen LogP) is 4.36. The second-order valence-corrected chi connectivity index (χ2v) is 6.97. The Kier molecular flexibility index (Phi) is 6.13. The number of aromatic nitrogens is 3. The molecule has 0 saturated heterocycles. The van der Waals surface area contributed by atoms with Crippen molar-refractivity contribution in [3.05, 3.63) is 64.4 Å². The van der Waals surface area contributed by atoms with Gasteiger partial charge in [0.15, 0.2) is 5.82 Å². The molecule has 0 aliphatic rings. The largest absolute Gasteiger partial charge is 0.369 e. The number of nitrogens with zero attached hydrogens (tertiary/aromatic N) is 3. The maximum Gasteiger partial charge on any atom is 0.226 e. The van der Waals surface area contributed by atoms with Crippen molar-refractivity contribution in [1.29, 1.82) is 0 Å². The number of amides is 1. The summed E-state index contributed by atoms with van der Waals surface area (Å²) < 4.78 is 0.973. The maximum atomic E-state index is 12.1. The molecule has 0 atom stereocenters. The molecule has 2 heterocycles. The fourth-order valence-corrected chi connectivity index (χ4v) is 2.73. The first-order chi connectivity index (χ1) is 13.0. The second kappa shape index (κ2) is 8.73. The lowest BCUT2D eigenvalue weighted by Crippen LogP contribution is -2.17. The number of benzene rings is 1. The predicted molar refractivity (Wildman–Crippen MR) is 111 cm³/mol. The van der Waals surface area contributed by atoms with Crippen LogP contribution in [0.1, 0.15) is 17.7 Å². The summed E-state index contributed by atoms with van der Waals surface area (Å²) in [5.74, 6) is 1.23. The molecule has 3 aromatic rings. The first-order valence-corrected chi connectivity index (χ1v) is 9.38. The van der Waals surface area contributed by atoms with Crippen LogP contribution in [0.2, 0.25) is 0 Å². The summed E-state index contributed by atoms with van der Waals surface area (Å²) in [5, 5.41) is 6.12. The van der Waals surface area contributed by atoms with E-state index in [0.717, 1.165) is 32.9 Å². The zero-order valence-electron chi connectivity index (χ0n) is 15.2. The van der Waals surface area contributed by atoms with Crippen LogP contribution in [0.3, 0.4) is 0 Å². The summed E-state index contributed by atoms with van der Waals surface area (Å²) in [5.41, 5.74) is 3.33. The zero-order chi connectivity index (χ0) is 19.2. The average molecular weight is 426 g/mol. The minimum Gasteiger partial charge on any atom is -0.369 e. The van der Waals surface area contributed by atoms with Crippen LogP contribution >= 0.6 is 15.9 Å². The Bertz CT molecular complexity index is 929. The van der Waals surface area contributed by atoms with Gasteiger partial charge >= 0.3 is 0 Å². The fourth-order valence-electron chi connectivity index (χ4n) is 2.46. The SMILES string of the molecule is Cc1nc(-c2ccccn2)nc(NCCC(=O)Nc2ccc(Br)cc2)c1C. The number of aryl methyl sites for hydroxylation is 1. The Morgan fingerprint density at radius 2 is 1.85 bits per heavy atom. The normalized spacial score (nSPS) is 10.5. The Labute approximate surface area is 166 Å². The first kappa shape index (κ1) is 19.0. The van der Waals surface area contributed by atoms with Crippen LogP contribution in [-0.4, -0.2) is 27.4 Å². The van der Waals surface area contributed by atoms with Crippen molar-refractivity contribution in [3.8, 4) is 11.5 Å². The van der Waals surface area contributed by atoms with Gasteiger partial charge in [0, 0.05) is 40.6 Å². The summed E-state index contributed by atoms with van der Waals surface area (Å²) in [6, 6.07) is 13.1. The van der Waals surface area contributed by atoms with E-state index in [9.17, 15) is 4.79 Å². The van der Waals surface area contributed by atoms with Gasteiger partial charge in [-0.25, -0.2) is 9.97 Å². The molecule has 2 aromatic heterocycles. The highest BCUT2D eigenvalue weighted by atomic mass is 79.9. The average Bonchev–Trinajstić information content (AvgIpc) is 2.67. The third-order valence-electron chi connectivity index (χ3n) is 4.06. The van der Waals surface area contributed by atoms with Crippen LogP contribution < -0.4 is 10.6 Å². The van der Waals surface area contributed by atoms with Crippen LogP contribution in [-0.2, 0) is 4.79 Å². The van der Waals surface area contributed by atoms with E-state index >= 15 is 0 Å². The number of carbonyl (C=O) groups is 1. The molecule has 0 aliphatic heterocycles. The van der Waals surface area contributed by atoms with Crippen LogP contribution in [0.25, 0.3) is 11.5 Å². The fraction of sp³-hybridized carbons (Fsp3) is 0.200. The number of pyridine rings is 1. The lowest BCUT2D eigenvalue weighted by molar-refractivity contribution is -0.115. The number of hydrogen-bond acceptors (Lipinski definition) is 5. The lowest BCUT2D eigenvalue weighted by Gasteiger charge is -2.12. The monoisotopic (exact) mass is 425 g/mol. The quantitative estimate of drug-likeness (QED) is 0.613. The van der Waals surface area contributed by atoms with Gasteiger partial charge in [-0.2, -0.15) is 0 Å². The number of nitrogens with one attached hydrogen (secondary N) is 2. The molecule has 138 valence electrons. The molecular formula is C20H20BrN5O. The number of anilines is 2. The topological polar surface area (TPSA) is 79.8 Å². The Balaban J connectivity index is 1.62. The van der Waals surface area contributed by atoms with Crippen molar-refractivity contribution < 1.29 is 4.79 Å². The smallest absolute Gasteiger partial charge is 0.226 e. The summed E-state index contributed by atoms with van der Waals surface area (Å²) in [6.07, 6.45) is 2.05. The molecule has 0 bridgehead atoms. The molecule has 1 amide bonds. The molecular weight excluding hydrogens is 406 g/mol. The molecule has 0 unspecified atom stereocenters. The number of hydrogen-bond donors (Lipinski definition) is 2. The molecule has 0 fully saturated rings. The van der Waals surface area contributed by atoms with E-state index in [4.69, 9.17) is 0 Å². The van der Waals surface area contributed by atoms with Gasteiger partial charge in [-0.1, -0.05) is 22.0 Å². The summed E-state index contributed by atoms with van der Waals surface area (Å²) in [4.78, 5) is 25.5. The van der Waals surface area contributed by atoms with Gasteiger partial charge in [0.25, 0.3) is 0 Å². The summed E-state index contributed by atoms with van der Waals surface area (Å²) >= 11 is 3.38. The van der Waals surface area contributed by atoms with Gasteiger partial charge in [0.2, 0.25) is 5.91 Å². The third kappa shape index (κ3) is 5.10. The first-order valence-electron chi connectivity index (χ1n) is 8.59. The third-order valence-corrected chi connectivity index (χ3v) is 4.58. The van der Waals surface area contributed by atoms with Crippen molar-refractivity contribution in [3.63, 3.8) is 0 Å². The van der Waals surface area contributed by atoms with Crippen molar-refractivity contribution in [2.24, 2.45) is 0 Å². The summed E-state index contributed by atoms with van der Waals surface area (Å²) in [7, 11) is 0. The van der Waals surface area contributed by atoms with Crippen LogP contribution in [0.4, 0.5) is 11.5 Å². The van der Waals surface area contributed by atoms with Crippen molar-refractivity contribution >= 4 is 33.3 Å². The van der Waals surface area contributed by atoms with Crippen molar-refractivity contribution in [2.45, 2.75) is 20.3 Å². The van der Waals surface area contributed by atoms with Crippen LogP contribution in [0.15, 0.2) is 53.1 Å². The summed E-state index contributed by atoms with van der Waals surface area (Å²) in [6.45, 7) is 4.37. The molecule has 27 heavy (non-hydrogen) atoms. The molecule has 2 N–H and O–H groups in total. The molecule has 0 radical (unpaired) electrons. The molecule has 3 rings (SSSR count). The number of halogens is 1. The van der Waals surface area contributed by atoms with Crippen LogP contribution in [0, 0.1) is 13.8 Å². The van der Waals surface area contributed by atoms with Gasteiger partial charge in [-0.3, -0.25) is 9.78 Å². The van der Waals surface area contributed by atoms with Crippen LogP contribution in [0.5, 0.6) is 0 Å².